The maximum Gasteiger partial charge on any atom is 0.416 e. The number of aliphatic carboxylic acids is 2. The number of amides is 2. The Labute approximate surface area is 196 Å². The molecule has 0 aromatic heterocycles. The molecule has 2 amide bonds. The van der Waals surface area contributed by atoms with Crippen LogP contribution >= 0.6 is 0 Å². The molecule has 0 saturated heterocycles. The topological polar surface area (TPSA) is 168 Å². The standard InChI is InChI=1S/C22H22F3N3O7/c1-2-16(29)27-14-7-11(10-35-18(21(33)34)17(26)20(31)32)8-15(9-14)28-19(30)12-3-5-13(6-4-12)22(23,24)25/h3-9,17-18H,2,10,26H2,1H3,(H,27,29)(H,28,30)(H,31,32)(H,33,34)/t17-,18-/m0/s1. The molecular weight excluding hydrogens is 475 g/mol. The van der Waals surface area contributed by atoms with Crippen molar-refractivity contribution in [3.05, 3.63) is 59.2 Å². The number of benzene rings is 2. The van der Waals surface area contributed by atoms with Gasteiger partial charge < -0.3 is 31.3 Å². The third-order valence-corrected chi connectivity index (χ3v) is 4.61. The first-order valence-electron chi connectivity index (χ1n) is 10.1. The van der Waals surface area contributed by atoms with Gasteiger partial charge in [-0.15, -0.1) is 0 Å². The van der Waals surface area contributed by atoms with Crippen molar-refractivity contribution in [3.63, 3.8) is 0 Å². The summed E-state index contributed by atoms with van der Waals surface area (Å²) in [6, 6.07) is 5.78. The molecule has 0 radical (unpaired) electrons. The Morgan fingerprint density at radius 3 is 2.03 bits per heavy atom. The minimum atomic E-state index is -4.56. The van der Waals surface area contributed by atoms with E-state index in [0.717, 1.165) is 24.3 Å². The monoisotopic (exact) mass is 497 g/mol. The highest BCUT2D eigenvalue weighted by atomic mass is 19.4. The Morgan fingerprint density at radius 1 is 0.971 bits per heavy atom. The van der Waals surface area contributed by atoms with Crippen molar-refractivity contribution in [3.8, 4) is 0 Å². The first-order valence-corrected chi connectivity index (χ1v) is 10.1. The number of rotatable bonds is 10. The fourth-order valence-corrected chi connectivity index (χ4v) is 2.83. The fourth-order valence-electron chi connectivity index (χ4n) is 2.83. The molecule has 13 heteroatoms. The Bertz CT molecular complexity index is 1100. The summed E-state index contributed by atoms with van der Waals surface area (Å²) in [7, 11) is 0. The number of carbonyl (C=O) groups is 4. The van der Waals surface area contributed by atoms with Crippen molar-refractivity contribution in [1.82, 2.24) is 0 Å². The van der Waals surface area contributed by atoms with E-state index in [0.29, 0.717) is 0 Å². The molecule has 0 aliphatic rings. The zero-order chi connectivity index (χ0) is 26.3. The van der Waals surface area contributed by atoms with Crippen molar-refractivity contribution in [2.24, 2.45) is 5.73 Å². The average Bonchev–Trinajstić information content (AvgIpc) is 2.78. The minimum Gasteiger partial charge on any atom is -0.480 e. The highest BCUT2D eigenvalue weighted by Gasteiger charge is 2.32. The number of nitrogens with two attached hydrogens (primary N) is 1. The molecule has 2 aromatic rings. The van der Waals surface area contributed by atoms with Gasteiger partial charge in [-0.1, -0.05) is 6.92 Å². The molecule has 188 valence electrons. The summed E-state index contributed by atoms with van der Waals surface area (Å²) in [5.41, 5.74) is 4.90. The number of carboxylic acids is 2. The van der Waals surface area contributed by atoms with Gasteiger partial charge in [0.05, 0.1) is 12.2 Å². The molecule has 0 heterocycles. The predicted octanol–water partition coefficient (Wildman–Crippen LogP) is 2.69. The van der Waals surface area contributed by atoms with Crippen LogP contribution in [-0.4, -0.2) is 46.1 Å². The van der Waals surface area contributed by atoms with E-state index in [-0.39, 0.29) is 34.8 Å². The van der Waals surface area contributed by atoms with E-state index < -0.39 is 48.3 Å². The van der Waals surface area contributed by atoms with Crippen molar-refractivity contribution in [2.75, 3.05) is 10.6 Å². The summed E-state index contributed by atoms with van der Waals surface area (Å²) in [6.07, 6.45) is -6.32. The lowest BCUT2D eigenvalue weighted by atomic mass is 10.1. The van der Waals surface area contributed by atoms with Crippen LogP contribution in [0.3, 0.4) is 0 Å². The van der Waals surface area contributed by atoms with E-state index >= 15 is 0 Å². The van der Waals surface area contributed by atoms with E-state index in [9.17, 15) is 37.5 Å². The third-order valence-electron chi connectivity index (χ3n) is 4.61. The molecule has 2 atom stereocenters. The number of ether oxygens (including phenoxy) is 1. The van der Waals surface area contributed by atoms with Gasteiger partial charge in [-0.2, -0.15) is 13.2 Å². The van der Waals surface area contributed by atoms with Crippen molar-refractivity contribution in [2.45, 2.75) is 38.3 Å². The highest BCUT2D eigenvalue weighted by Crippen LogP contribution is 2.29. The normalized spacial score (nSPS) is 12.9. The third kappa shape index (κ3) is 7.79. The van der Waals surface area contributed by atoms with E-state index in [1.165, 1.54) is 18.2 Å². The zero-order valence-corrected chi connectivity index (χ0v) is 18.3. The number of halogens is 3. The number of carbonyl (C=O) groups excluding carboxylic acids is 2. The molecule has 0 fully saturated rings. The maximum absolute atomic E-state index is 12.7. The van der Waals surface area contributed by atoms with Gasteiger partial charge in [-0.05, 0) is 48.0 Å². The van der Waals surface area contributed by atoms with E-state index in [2.05, 4.69) is 10.6 Å². The van der Waals surface area contributed by atoms with Gasteiger partial charge in [0, 0.05) is 23.4 Å². The van der Waals surface area contributed by atoms with Crippen LogP contribution in [0.15, 0.2) is 42.5 Å². The number of anilines is 2. The first-order chi connectivity index (χ1) is 16.3. The lowest BCUT2D eigenvalue weighted by molar-refractivity contribution is -0.159. The molecule has 10 nitrogen and oxygen atoms in total. The van der Waals surface area contributed by atoms with Crippen LogP contribution in [0.1, 0.15) is 34.8 Å². The number of alkyl halides is 3. The molecule has 6 N–H and O–H groups in total. The number of nitrogens with one attached hydrogen (secondary N) is 2. The molecule has 2 rings (SSSR count). The van der Waals surface area contributed by atoms with Crippen molar-refractivity contribution >= 4 is 35.1 Å². The second-order valence-corrected chi connectivity index (χ2v) is 7.28. The summed E-state index contributed by atoms with van der Waals surface area (Å²) >= 11 is 0. The lowest BCUT2D eigenvalue weighted by Gasteiger charge is -2.18. The molecule has 0 saturated carbocycles. The molecule has 0 spiro atoms. The van der Waals surface area contributed by atoms with Gasteiger partial charge in [0.15, 0.2) is 6.10 Å². The van der Waals surface area contributed by atoms with E-state index in [4.69, 9.17) is 15.6 Å². The SMILES string of the molecule is CCC(=O)Nc1cc(CO[C@H](C(=O)O)[C@H](N)C(=O)O)cc(NC(=O)c2ccc(C(F)(F)F)cc2)c1. The van der Waals surface area contributed by atoms with Gasteiger partial charge >= 0.3 is 18.1 Å². The van der Waals surface area contributed by atoms with Gasteiger partial charge in [0.2, 0.25) is 5.91 Å². The quantitative estimate of drug-likeness (QED) is 0.334. The van der Waals surface area contributed by atoms with Gasteiger partial charge in [0.25, 0.3) is 5.91 Å². The zero-order valence-electron chi connectivity index (χ0n) is 18.3. The summed E-state index contributed by atoms with van der Waals surface area (Å²) < 4.78 is 43.4. The first kappa shape index (κ1) is 27.3. The summed E-state index contributed by atoms with van der Waals surface area (Å²) in [6.45, 7) is 1.15. The second kappa shape index (κ2) is 11.4. The van der Waals surface area contributed by atoms with E-state index in [1.807, 2.05) is 0 Å². The molecular formula is C22H22F3N3O7. The lowest BCUT2D eigenvalue weighted by Crippen LogP contribution is -2.47. The summed E-state index contributed by atoms with van der Waals surface area (Å²) in [5.74, 6) is -4.32. The van der Waals surface area contributed by atoms with Crippen LogP contribution in [0, 0.1) is 0 Å². The minimum absolute atomic E-state index is 0.0721. The summed E-state index contributed by atoms with van der Waals surface area (Å²) in [4.78, 5) is 46.7. The van der Waals surface area contributed by atoms with Gasteiger partial charge in [0.1, 0.15) is 6.04 Å². The molecule has 35 heavy (non-hydrogen) atoms. The highest BCUT2D eigenvalue weighted by molar-refractivity contribution is 6.04. The number of hydrogen-bond acceptors (Lipinski definition) is 6. The maximum atomic E-state index is 12.7. The van der Waals surface area contributed by atoms with E-state index in [1.54, 1.807) is 6.92 Å². The smallest absolute Gasteiger partial charge is 0.416 e. The van der Waals surface area contributed by atoms with Gasteiger partial charge in [-0.25, -0.2) is 4.79 Å². The van der Waals surface area contributed by atoms with Crippen LogP contribution in [0.5, 0.6) is 0 Å². The van der Waals surface area contributed by atoms with Crippen LogP contribution in [0.4, 0.5) is 24.5 Å². The average molecular weight is 497 g/mol. The molecule has 0 bridgehead atoms. The number of hydrogen-bond donors (Lipinski definition) is 5. The van der Waals surface area contributed by atoms with Crippen LogP contribution in [0.25, 0.3) is 0 Å². The molecule has 0 unspecified atom stereocenters. The predicted molar refractivity (Wildman–Crippen MR) is 117 cm³/mol. The largest absolute Gasteiger partial charge is 0.480 e. The van der Waals surface area contributed by atoms with Crippen molar-refractivity contribution in [1.29, 1.82) is 0 Å². The molecule has 0 aliphatic heterocycles. The Morgan fingerprint density at radius 2 is 1.54 bits per heavy atom. The Balaban J connectivity index is 2.28. The van der Waals surface area contributed by atoms with Gasteiger partial charge in [-0.3, -0.25) is 14.4 Å². The Hall–Kier alpha value is -3.97. The van der Waals surface area contributed by atoms with Crippen LogP contribution in [0.2, 0.25) is 0 Å². The van der Waals surface area contributed by atoms with Crippen LogP contribution in [-0.2, 0) is 31.9 Å². The molecule has 2 aromatic carbocycles. The Kier molecular flexibility index (Phi) is 8.92. The fraction of sp³-hybridized carbons (Fsp3) is 0.273. The second-order valence-electron chi connectivity index (χ2n) is 7.28. The number of carboxylic acid groups (broad SMARTS) is 2. The summed E-state index contributed by atoms with van der Waals surface area (Å²) in [5, 5.41) is 23.2. The van der Waals surface area contributed by atoms with Crippen LogP contribution < -0.4 is 16.4 Å². The molecule has 0 aliphatic carbocycles. The van der Waals surface area contributed by atoms with Crippen molar-refractivity contribution < 1.29 is 47.3 Å².